The Kier molecular flexibility index (Phi) is 3.64. The number of imidazole rings is 2. The second-order valence-electron chi connectivity index (χ2n) is 5.92. The molecule has 3 aromatic heterocycles. The lowest BCUT2D eigenvalue weighted by Gasteiger charge is -2.36. The smallest absolute Gasteiger partial charge is 0.245 e. The highest BCUT2D eigenvalue weighted by Gasteiger charge is 2.26. The fourth-order valence-electron chi connectivity index (χ4n) is 3.02. The van der Waals surface area contributed by atoms with Crippen molar-refractivity contribution >= 4 is 17.4 Å². The molecule has 0 bridgehead atoms. The van der Waals surface area contributed by atoms with Crippen LogP contribution in [0.2, 0.25) is 0 Å². The van der Waals surface area contributed by atoms with Gasteiger partial charge in [-0.25, -0.2) is 14.5 Å². The Morgan fingerprint density at radius 1 is 1.12 bits per heavy atom. The Bertz CT molecular complexity index is 833. The van der Waals surface area contributed by atoms with Gasteiger partial charge >= 0.3 is 0 Å². The number of anilines is 1. The van der Waals surface area contributed by atoms with Crippen molar-refractivity contribution in [2.24, 2.45) is 0 Å². The number of aromatic nitrogens is 5. The van der Waals surface area contributed by atoms with E-state index in [4.69, 9.17) is 0 Å². The number of rotatable bonds is 3. The number of hydrogen-bond donors (Lipinski definition) is 0. The molecule has 8 nitrogen and oxygen atoms in total. The molecule has 1 aliphatic rings. The molecule has 0 radical (unpaired) electrons. The fourth-order valence-corrected chi connectivity index (χ4v) is 3.02. The molecule has 0 N–H and O–H groups in total. The summed E-state index contributed by atoms with van der Waals surface area (Å²) in [6, 6.07) is 3.72. The Labute approximate surface area is 139 Å². The molecule has 0 aliphatic carbocycles. The number of fused-ring (bicyclic) bond motifs is 1. The van der Waals surface area contributed by atoms with Crippen molar-refractivity contribution in [3.05, 3.63) is 43.2 Å². The molecule has 1 atom stereocenters. The Morgan fingerprint density at radius 2 is 1.96 bits per heavy atom. The van der Waals surface area contributed by atoms with Gasteiger partial charge in [0.05, 0.1) is 6.33 Å². The van der Waals surface area contributed by atoms with Crippen LogP contribution in [0, 0.1) is 0 Å². The molecule has 0 saturated carbocycles. The summed E-state index contributed by atoms with van der Waals surface area (Å²) in [6.45, 7) is 4.85. The lowest BCUT2D eigenvalue weighted by Crippen LogP contribution is -2.50. The van der Waals surface area contributed by atoms with E-state index in [1.807, 2.05) is 40.9 Å². The Balaban J connectivity index is 1.41. The second kappa shape index (κ2) is 5.95. The zero-order chi connectivity index (χ0) is 16.5. The molecule has 3 aromatic rings. The van der Waals surface area contributed by atoms with Crippen LogP contribution in [0.1, 0.15) is 13.0 Å². The van der Waals surface area contributed by atoms with Crippen LogP contribution >= 0.6 is 0 Å². The predicted molar refractivity (Wildman–Crippen MR) is 88.7 cm³/mol. The summed E-state index contributed by atoms with van der Waals surface area (Å²) in [5, 5.41) is 4.57. The molecule has 8 heteroatoms. The third-order valence-electron chi connectivity index (χ3n) is 4.49. The molecule has 24 heavy (non-hydrogen) atoms. The third kappa shape index (κ3) is 2.60. The van der Waals surface area contributed by atoms with Gasteiger partial charge < -0.3 is 14.4 Å². The van der Waals surface area contributed by atoms with E-state index in [0.29, 0.717) is 13.1 Å². The van der Waals surface area contributed by atoms with Crippen molar-refractivity contribution in [3.8, 4) is 0 Å². The number of amides is 1. The zero-order valence-corrected chi connectivity index (χ0v) is 13.5. The van der Waals surface area contributed by atoms with Gasteiger partial charge in [0.15, 0.2) is 5.65 Å². The predicted octanol–water partition coefficient (Wildman–Crippen LogP) is 0.836. The van der Waals surface area contributed by atoms with E-state index in [1.54, 1.807) is 23.2 Å². The molecule has 0 aromatic carbocycles. The Hall–Kier alpha value is -2.90. The van der Waals surface area contributed by atoms with Crippen LogP contribution in [-0.4, -0.2) is 61.1 Å². The molecule has 0 spiro atoms. The van der Waals surface area contributed by atoms with Gasteiger partial charge in [-0.05, 0) is 19.1 Å². The van der Waals surface area contributed by atoms with Crippen LogP contribution in [0.5, 0.6) is 0 Å². The SMILES string of the molecule is C[C@@H](C(=O)N1CCN(c2ccc3nccn3n2)CC1)n1ccnc1. The zero-order valence-electron chi connectivity index (χ0n) is 13.5. The average Bonchev–Trinajstić information content (AvgIpc) is 3.31. The van der Waals surface area contributed by atoms with Crippen molar-refractivity contribution in [3.63, 3.8) is 0 Å². The van der Waals surface area contributed by atoms with Gasteiger partial charge in [-0.1, -0.05) is 0 Å². The minimum atomic E-state index is -0.223. The van der Waals surface area contributed by atoms with Gasteiger partial charge in [0, 0.05) is 51.0 Å². The maximum absolute atomic E-state index is 12.6. The summed E-state index contributed by atoms with van der Waals surface area (Å²) in [5.74, 6) is 1.04. The fraction of sp³-hybridized carbons (Fsp3) is 0.375. The number of carbonyl (C=O) groups excluding carboxylic acids is 1. The molecule has 0 unspecified atom stereocenters. The molecule has 1 amide bonds. The molecule has 124 valence electrons. The number of hydrogen-bond acceptors (Lipinski definition) is 5. The van der Waals surface area contributed by atoms with Crippen molar-refractivity contribution in [2.45, 2.75) is 13.0 Å². The van der Waals surface area contributed by atoms with Crippen molar-refractivity contribution in [2.75, 3.05) is 31.1 Å². The average molecular weight is 325 g/mol. The standard InChI is InChI=1S/C16H19N7O/c1-13(22-6-4-17-12-22)16(24)21-10-8-20(9-11-21)15-3-2-14-18-5-7-23(14)19-15/h2-7,12-13H,8-11H2,1H3/t13-/m0/s1. The molecular formula is C16H19N7O. The largest absolute Gasteiger partial charge is 0.352 e. The maximum atomic E-state index is 12.6. The van der Waals surface area contributed by atoms with Crippen LogP contribution < -0.4 is 4.90 Å². The first-order chi connectivity index (χ1) is 11.7. The van der Waals surface area contributed by atoms with E-state index in [-0.39, 0.29) is 11.9 Å². The summed E-state index contributed by atoms with van der Waals surface area (Å²) in [7, 11) is 0. The third-order valence-corrected chi connectivity index (χ3v) is 4.49. The molecule has 1 saturated heterocycles. The Morgan fingerprint density at radius 3 is 2.71 bits per heavy atom. The van der Waals surface area contributed by atoms with Gasteiger partial charge in [0.25, 0.3) is 0 Å². The lowest BCUT2D eigenvalue weighted by molar-refractivity contribution is -0.134. The number of carbonyl (C=O) groups is 1. The number of piperazine rings is 1. The topological polar surface area (TPSA) is 71.6 Å². The summed E-state index contributed by atoms with van der Waals surface area (Å²) in [4.78, 5) is 24.9. The minimum Gasteiger partial charge on any atom is -0.352 e. The van der Waals surface area contributed by atoms with Crippen LogP contribution in [-0.2, 0) is 4.79 Å². The normalized spacial score (nSPS) is 16.5. The first-order valence-corrected chi connectivity index (χ1v) is 8.04. The van der Waals surface area contributed by atoms with E-state index in [1.165, 1.54) is 0 Å². The summed E-state index contributed by atoms with van der Waals surface area (Å²) >= 11 is 0. The first kappa shape index (κ1) is 14.7. The van der Waals surface area contributed by atoms with Crippen molar-refractivity contribution in [1.82, 2.24) is 29.0 Å². The van der Waals surface area contributed by atoms with Gasteiger partial charge in [0.1, 0.15) is 11.9 Å². The molecule has 4 rings (SSSR count). The second-order valence-corrected chi connectivity index (χ2v) is 5.92. The minimum absolute atomic E-state index is 0.130. The quantitative estimate of drug-likeness (QED) is 0.713. The summed E-state index contributed by atoms with van der Waals surface area (Å²) < 4.78 is 3.61. The van der Waals surface area contributed by atoms with Crippen LogP contribution in [0.15, 0.2) is 43.2 Å². The van der Waals surface area contributed by atoms with Crippen LogP contribution in [0.4, 0.5) is 5.82 Å². The lowest BCUT2D eigenvalue weighted by atomic mass is 10.2. The van der Waals surface area contributed by atoms with Crippen molar-refractivity contribution < 1.29 is 4.79 Å². The van der Waals surface area contributed by atoms with Gasteiger partial charge in [-0.3, -0.25) is 4.79 Å². The van der Waals surface area contributed by atoms with E-state index in [0.717, 1.165) is 24.6 Å². The molecule has 1 aliphatic heterocycles. The summed E-state index contributed by atoms with van der Waals surface area (Å²) in [6.07, 6.45) is 8.78. The first-order valence-electron chi connectivity index (χ1n) is 8.04. The van der Waals surface area contributed by atoms with Gasteiger partial charge in [-0.2, -0.15) is 0 Å². The van der Waals surface area contributed by atoms with Crippen molar-refractivity contribution in [1.29, 1.82) is 0 Å². The van der Waals surface area contributed by atoms with E-state index >= 15 is 0 Å². The van der Waals surface area contributed by atoms with E-state index < -0.39 is 0 Å². The van der Waals surface area contributed by atoms with Gasteiger partial charge in [0.2, 0.25) is 5.91 Å². The van der Waals surface area contributed by atoms with Crippen LogP contribution in [0.3, 0.4) is 0 Å². The highest BCUT2D eigenvalue weighted by molar-refractivity contribution is 5.80. The molecule has 1 fully saturated rings. The highest BCUT2D eigenvalue weighted by Crippen LogP contribution is 2.16. The monoisotopic (exact) mass is 325 g/mol. The highest BCUT2D eigenvalue weighted by atomic mass is 16.2. The van der Waals surface area contributed by atoms with Crippen LogP contribution in [0.25, 0.3) is 5.65 Å². The number of nitrogens with zero attached hydrogens (tertiary/aromatic N) is 7. The molecule has 4 heterocycles. The van der Waals surface area contributed by atoms with E-state index in [2.05, 4.69) is 20.0 Å². The molecular weight excluding hydrogens is 306 g/mol. The summed E-state index contributed by atoms with van der Waals surface area (Å²) in [5.41, 5.74) is 0.835. The van der Waals surface area contributed by atoms with E-state index in [9.17, 15) is 4.79 Å². The maximum Gasteiger partial charge on any atom is 0.245 e. The van der Waals surface area contributed by atoms with Gasteiger partial charge in [-0.15, -0.1) is 5.10 Å².